The second-order valence-corrected chi connectivity index (χ2v) is 5.17. The topological polar surface area (TPSA) is 72.2 Å². The molecule has 2 amide bonds. The largest absolute Gasteiger partial charge is 0.366 e. The first kappa shape index (κ1) is 14.3. The predicted molar refractivity (Wildman–Crippen MR) is 81.8 cm³/mol. The number of halogens is 1. The van der Waals surface area contributed by atoms with Crippen LogP contribution in [0.25, 0.3) is 0 Å². The molecule has 2 aromatic rings. The fourth-order valence-corrected chi connectivity index (χ4v) is 2.17. The molecule has 0 saturated heterocycles. The van der Waals surface area contributed by atoms with Gasteiger partial charge in [0.2, 0.25) is 5.91 Å². The molecule has 0 aliphatic rings. The van der Waals surface area contributed by atoms with Gasteiger partial charge in [-0.2, -0.15) is 0 Å². The zero-order valence-corrected chi connectivity index (χ0v) is 12.4. The summed E-state index contributed by atoms with van der Waals surface area (Å²) in [6.07, 6.45) is 0. The Labute approximate surface area is 125 Å². The average molecular weight is 333 g/mol. The fraction of sp³-hybridized carbons (Fsp3) is 0.0667. The van der Waals surface area contributed by atoms with Crippen molar-refractivity contribution < 1.29 is 9.59 Å². The van der Waals surface area contributed by atoms with Crippen LogP contribution in [0, 0.1) is 6.92 Å². The van der Waals surface area contributed by atoms with Crippen LogP contribution in [-0.2, 0) is 0 Å². The molecular weight excluding hydrogens is 320 g/mol. The van der Waals surface area contributed by atoms with E-state index in [4.69, 9.17) is 5.73 Å². The summed E-state index contributed by atoms with van der Waals surface area (Å²) in [7, 11) is 0. The lowest BCUT2D eigenvalue weighted by atomic mass is 10.1. The highest BCUT2D eigenvalue weighted by molar-refractivity contribution is 9.10. The number of benzene rings is 2. The Morgan fingerprint density at radius 2 is 1.85 bits per heavy atom. The van der Waals surface area contributed by atoms with Gasteiger partial charge in [0.15, 0.2) is 0 Å². The molecule has 0 spiro atoms. The Hall–Kier alpha value is -2.14. The fourth-order valence-electron chi connectivity index (χ4n) is 1.80. The molecule has 3 N–H and O–H groups in total. The number of carbonyl (C=O) groups is 2. The first-order chi connectivity index (χ1) is 9.49. The summed E-state index contributed by atoms with van der Waals surface area (Å²) < 4.78 is 0.871. The SMILES string of the molecule is Cc1c(Br)cccc1C(=O)Nc1cccc(C(N)=O)c1. The Morgan fingerprint density at radius 1 is 1.15 bits per heavy atom. The van der Waals surface area contributed by atoms with E-state index in [2.05, 4.69) is 21.2 Å². The van der Waals surface area contributed by atoms with E-state index in [1.807, 2.05) is 13.0 Å². The maximum absolute atomic E-state index is 12.2. The minimum atomic E-state index is -0.528. The van der Waals surface area contributed by atoms with Gasteiger partial charge in [0.05, 0.1) is 0 Å². The standard InChI is InChI=1S/C15H13BrN2O2/c1-9-12(6-3-7-13(9)16)15(20)18-11-5-2-4-10(8-11)14(17)19/h2-8H,1H3,(H2,17,19)(H,18,20). The summed E-state index contributed by atoms with van der Waals surface area (Å²) in [5.74, 6) is -0.759. The Bertz CT molecular complexity index is 683. The number of anilines is 1. The number of hydrogen-bond donors (Lipinski definition) is 2. The van der Waals surface area contributed by atoms with E-state index < -0.39 is 5.91 Å². The van der Waals surface area contributed by atoms with E-state index in [1.54, 1.807) is 36.4 Å². The van der Waals surface area contributed by atoms with Gasteiger partial charge in [0.1, 0.15) is 0 Å². The molecule has 0 atom stereocenters. The summed E-state index contributed by atoms with van der Waals surface area (Å²) in [6, 6.07) is 11.9. The van der Waals surface area contributed by atoms with Gasteiger partial charge in [-0.15, -0.1) is 0 Å². The molecule has 0 fully saturated rings. The highest BCUT2D eigenvalue weighted by atomic mass is 79.9. The zero-order chi connectivity index (χ0) is 14.7. The molecule has 0 bridgehead atoms. The van der Waals surface area contributed by atoms with Gasteiger partial charge in [-0.05, 0) is 42.8 Å². The van der Waals surface area contributed by atoms with Crippen LogP contribution in [0.2, 0.25) is 0 Å². The van der Waals surface area contributed by atoms with Gasteiger partial charge in [0, 0.05) is 21.3 Å². The molecule has 20 heavy (non-hydrogen) atoms. The van der Waals surface area contributed by atoms with Gasteiger partial charge < -0.3 is 11.1 Å². The summed E-state index contributed by atoms with van der Waals surface area (Å²) in [5, 5.41) is 2.75. The van der Waals surface area contributed by atoms with Crippen LogP contribution in [0.3, 0.4) is 0 Å². The normalized spacial score (nSPS) is 10.1. The van der Waals surface area contributed by atoms with Crippen molar-refractivity contribution in [2.75, 3.05) is 5.32 Å². The summed E-state index contributed by atoms with van der Waals surface area (Å²) in [4.78, 5) is 23.3. The van der Waals surface area contributed by atoms with E-state index in [0.29, 0.717) is 16.8 Å². The van der Waals surface area contributed by atoms with E-state index in [-0.39, 0.29) is 5.91 Å². The minimum Gasteiger partial charge on any atom is -0.366 e. The van der Waals surface area contributed by atoms with Crippen molar-refractivity contribution in [1.29, 1.82) is 0 Å². The van der Waals surface area contributed by atoms with Gasteiger partial charge in [0.25, 0.3) is 5.91 Å². The van der Waals surface area contributed by atoms with Crippen LogP contribution in [-0.4, -0.2) is 11.8 Å². The maximum atomic E-state index is 12.2. The lowest BCUT2D eigenvalue weighted by molar-refractivity contribution is 0.0996. The molecule has 0 aliphatic carbocycles. The Kier molecular flexibility index (Phi) is 4.20. The molecule has 2 rings (SSSR count). The van der Waals surface area contributed by atoms with Crippen LogP contribution in [0.15, 0.2) is 46.9 Å². The van der Waals surface area contributed by atoms with Gasteiger partial charge in [-0.25, -0.2) is 0 Å². The first-order valence-corrected chi connectivity index (χ1v) is 6.74. The van der Waals surface area contributed by atoms with E-state index in [0.717, 1.165) is 10.0 Å². The molecule has 4 nitrogen and oxygen atoms in total. The monoisotopic (exact) mass is 332 g/mol. The number of hydrogen-bond acceptors (Lipinski definition) is 2. The smallest absolute Gasteiger partial charge is 0.255 e. The van der Waals surface area contributed by atoms with E-state index >= 15 is 0 Å². The maximum Gasteiger partial charge on any atom is 0.255 e. The van der Waals surface area contributed by atoms with Crippen LogP contribution >= 0.6 is 15.9 Å². The quantitative estimate of drug-likeness (QED) is 0.906. The summed E-state index contributed by atoms with van der Waals surface area (Å²) in [5.41, 5.74) is 7.53. The van der Waals surface area contributed by atoms with Crippen molar-refractivity contribution in [1.82, 2.24) is 0 Å². The predicted octanol–water partition coefficient (Wildman–Crippen LogP) is 3.11. The van der Waals surface area contributed by atoms with Crippen LogP contribution in [0.4, 0.5) is 5.69 Å². The molecule has 0 radical (unpaired) electrons. The van der Waals surface area contributed by atoms with Gasteiger partial charge in [-0.3, -0.25) is 9.59 Å². The van der Waals surface area contributed by atoms with Crippen molar-refractivity contribution in [3.05, 3.63) is 63.6 Å². The number of primary amides is 1. The molecule has 0 aromatic heterocycles. The minimum absolute atomic E-state index is 0.231. The highest BCUT2D eigenvalue weighted by Crippen LogP contribution is 2.20. The zero-order valence-electron chi connectivity index (χ0n) is 10.8. The second kappa shape index (κ2) is 5.88. The number of amides is 2. The van der Waals surface area contributed by atoms with Crippen molar-refractivity contribution in [2.24, 2.45) is 5.73 Å². The third kappa shape index (κ3) is 3.05. The Morgan fingerprint density at radius 3 is 2.55 bits per heavy atom. The van der Waals surface area contributed by atoms with Crippen LogP contribution < -0.4 is 11.1 Å². The molecule has 0 unspecified atom stereocenters. The molecule has 0 heterocycles. The van der Waals surface area contributed by atoms with Crippen LogP contribution in [0.5, 0.6) is 0 Å². The molecule has 2 aromatic carbocycles. The van der Waals surface area contributed by atoms with Gasteiger partial charge in [-0.1, -0.05) is 28.1 Å². The first-order valence-electron chi connectivity index (χ1n) is 5.95. The molecule has 0 saturated carbocycles. The number of carbonyl (C=O) groups excluding carboxylic acids is 2. The van der Waals surface area contributed by atoms with Crippen molar-refractivity contribution in [3.8, 4) is 0 Å². The number of nitrogens with one attached hydrogen (secondary N) is 1. The van der Waals surface area contributed by atoms with Crippen molar-refractivity contribution in [2.45, 2.75) is 6.92 Å². The van der Waals surface area contributed by atoms with Crippen molar-refractivity contribution in [3.63, 3.8) is 0 Å². The Balaban J connectivity index is 2.26. The molecule has 102 valence electrons. The lowest BCUT2D eigenvalue weighted by Gasteiger charge is -2.09. The number of nitrogens with two attached hydrogens (primary N) is 1. The summed E-state index contributed by atoms with van der Waals surface area (Å²) >= 11 is 3.39. The molecule has 0 aliphatic heterocycles. The lowest BCUT2D eigenvalue weighted by Crippen LogP contribution is -2.15. The number of rotatable bonds is 3. The second-order valence-electron chi connectivity index (χ2n) is 4.31. The van der Waals surface area contributed by atoms with E-state index in [9.17, 15) is 9.59 Å². The van der Waals surface area contributed by atoms with E-state index in [1.165, 1.54) is 0 Å². The highest BCUT2D eigenvalue weighted by Gasteiger charge is 2.11. The summed E-state index contributed by atoms with van der Waals surface area (Å²) in [6.45, 7) is 1.86. The third-order valence-electron chi connectivity index (χ3n) is 2.92. The van der Waals surface area contributed by atoms with Crippen LogP contribution in [0.1, 0.15) is 26.3 Å². The van der Waals surface area contributed by atoms with Crippen molar-refractivity contribution >= 4 is 33.4 Å². The molecule has 5 heteroatoms. The third-order valence-corrected chi connectivity index (χ3v) is 3.78. The van der Waals surface area contributed by atoms with Gasteiger partial charge >= 0.3 is 0 Å². The molecular formula is C15H13BrN2O2. The average Bonchev–Trinajstić information content (AvgIpc) is 2.42.